The minimum atomic E-state index is -0.796. The molecule has 0 radical (unpaired) electrons. The van der Waals surface area contributed by atoms with Crippen LogP contribution in [0.3, 0.4) is 0 Å². The largest absolute Gasteiger partial charge is 0.339 e. The molecule has 2 aromatic carbocycles. The molecule has 6 rings (SSSR count). The van der Waals surface area contributed by atoms with Gasteiger partial charge in [0.05, 0.1) is 17.5 Å². The number of halogens is 1. The summed E-state index contributed by atoms with van der Waals surface area (Å²) in [5.41, 5.74) is 3.27. The molecule has 0 aromatic heterocycles. The van der Waals surface area contributed by atoms with Gasteiger partial charge in [0.2, 0.25) is 11.8 Å². The summed E-state index contributed by atoms with van der Waals surface area (Å²) in [6.07, 6.45) is 4.78. The van der Waals surface area contributed by atoms with E-state index < -0.39 is 17.3 Å². The zero-order valence-corrected chi connectivity index (χ0v) is 21.0. The van der Waals surface area contributed by atoms with E-state index in [1.165, 1.54) is 6.07 Å². The van der Waals surface area contributed by atoms with Gasteiger partial charge in [-0.2, -0.15) is 5.26 Å². The summed E-state index contributed by atoms with van der Waals surface area (Å²) in [4.78, 5) is 27.9. The minimum Gasteiger partial charge on any atom is -0.339 e. The third kappa shape index (κ3) is 4.20. The highest BCUT2D eigenvalue weighted by atomic mass is 19.1. The van der Waals surface area contributed by atoms with Gasteiger partial charge in [0.15, 0.2) is 0 Å². The van der Waals surface area contributed by atoms with Crippen LogP contribution in [0.2, 0.25) is 0 Å². The summed E-state index contributed by atoms with van der Waals surface area (Å²) < 4.78 is 15.2. The molecule has 4 atom stereocenters. The molecule has 2 bridgehead atoms. The first-order chi connectivity index (χ1) is 17.9. The first-order valence-electron chi connectivity index (χ1n) is 13.3. The number of hydrogen-bond acceptors (Lipinski definition) is 5. The van der Waals surface area contributed by atoms with Crippen molar-refractivity contribution in [3.05, 3.63) is 53.3 Å². The standard InChI is InChI=1S/C29H32FN5O2/c1-35-10-8-29(9-11-35)23-14-17(5-7-25(23)34-28(29)37)18-2-3-19(24(30)15-18)12-22(16-31)33-27(36)26-20-4-6-21(13-20)32-26/h2-3,5,7,14-15,20-22,26,32H,4,6,8-13H2,1H3,(H,33,36)(H,34,37)/t20-,21+,22-,26-/m0/s1. The van der Waals surface area contributed by atoms with Gasteiger partial charge in [-0.1, -0.05) is 18.2 Å². The van der Waals surface area contributed by atoms with Crippen LogP contribution in [-0.2, 0) is 21.4 Å². The van der Waals surface area contributed by atoms with E-state index in [1.807, 2.05) is 24.3 Å². The molecule has 0 unspecified atom stereocenters. The quantitative estimate of drug-likeness (QED) is 0.585. The Morgan fingerprint density at radius 1 is 1.22 bits per heavy atom. The molecule has 3 N–H and O–H groups in total. The van der Waals surface area contributed by atoms with Crippen molar-refractivity contribution in [2.75, 3.05) is 25.5 Å². The van der Waals surface area contributed by atoms with Crippen LogP contribution in [0.5, 0.6) is 0 Å². The number of nitrogens with one attached hydrogen (secondary N) is 3. The highest BCUT2D eigenvalue weighted by Crippen LogP contribution is 2.46. The Morgan fingerprint density at radius 2 is 1.97 bits per heavy atom. The number of hydrogen-bond donors (Lipinski definition) is 3. The van der Waals surface area contributed by atoms with E-state index in [9.17, 15) is 14.9 Å². The van der Waals surface area contributed by atoms with Crippen LogP contribution in [0, 0.1) is 23.1 Å². The first kappa shape index (κ1) is 24.1. The SMILES string of the molecule is CN1CCC2(CC1)C(=O)Nc1ccc(-c3ccc(C[C@@H](C#N)NC(=O)[C@H]4N[C@@H]5CC[C@H]4C5)c(F)c3)cc12. The fourth-order valence-electron chi connectivity index (χ4n) is 6.74. The lowest BCUT2D eigenvalue weighted by Gasteiger charge is -2.36. The molecule has 1 saturated carbocycles. The van der Waals surface area contributed by atoms with Crippen LogP contribution in [-0.4, -0.2) is 55.0 Å². The second-order valence-corrected chi connectivity index (χ2v) is 11.2. The monoisotopic (exact) mass is 501 g/mol. The number of fused-ring (bicyclic) bond motifs is 4. The van der Waals surface area contributed by atoms with E-state index in [0.717, 1.165) is 67.6 Å². The summed E-state index contributed by atoms with van der Waals surface area (Å²) in [5, 5.41) is 18.8. The Hall–Kier alpha value is -3.28. The van der Waals surface area contributed by atoms with Gasteiger partial charge in [-0.05, 0) is 98.6 Å². The van der Waals surface area contributed by atoms with Crippen molar-refractivity contribution in [3.63, 3.8) is 0 Å². The van der Waals surface area contributed by atoms with E-state index in [2.05, 4.69) is 34.0 Å². The molecule has 4 aliphatic rings. The van der Waals surface area contributed by atoms with Gasteiger partial charge in [-0.15, -0.1) is 0 Å². The number of nitriles is 1. The normalized spacial score (nSPS) is 26.5. The van der Waals surface area contributed by atoms with Crippen molar-refractivity contribution in [2.45, 2.75) is 62.1 Å². The van der Waals surface area contributed by atoms with Crippen molar-refractivity contribution >= 4 is 17.5 Å². The molecular formula is C29H32FN5O2. The number of rotatable bonds is 5. The zero-order chi connectivity index (χ0) is 25.7. The van der Waals surface area contributed by atoms with E-state index in [1.54, 1.807) is 6.07 Å². The third-order valence-corrected chi connectivity index (χ3v) is 8.98. The van der Waals surface area contributed by atoms with Gasteiger partial charge in [0.1, 0.15) is 11.9 Å². The lowest BCUT2D eigenvalue weighted by atomic mass is 9.73. The molecule has 2 amide bonds. The van der Waals surface area contributed by atoms with Crippen molar-refractivity contribution in [3.8, 4) is 17.2 Å². The van der Waals surface area contributed by atoms with Gasteiger partial charge in [-0.3, -0.25) is 9.59 Å². The zero-order valence-electron chi connectivity index (χ0n) is 21.0. The van der Waals surface area contributed by atoms with Crippen LogP contribution < -0.4 is 16.0 Å². The summed E-state index contributed by atoms with van der Waals surface area (Å²) >= 11 is 0. The molecule has 2 saturated heterocycles. The van der Waals surface area contributed by atoms with Crippen LogP contribution in [0.15, 0.2) is 36.4 Å². The van der Waals surface area contributed by atoms with E-state index in [4.69, 9.17) is 0 Å². The molecule has 3 heterocycles. The molecule has 2 aromatic rings. The molecule has 8 heteroatoms. The number of amides is 2. The van der Waals surface area contributed by atoms with E-state index in [0.29, 0.717) is 17.5 Å². The molecular weight excluding hydrogens is 469 g/mol. The van der Waals surface area contributed by atoms with Crippen molar-refractivity contribution in [1.29, 1.82) is 5.26 Å². The molecule has 1 spiro atoms. The predicted molar refractivity (Wildman–Crippen MR) is 138 cm³/mol. The number of carbonyl (C=O) groups excluding carboxylic acids is 2. The van der Waals surface area contributed by atoms with Crippen molar-refractivity contribution < 1.29 is 14.0 Å². The summed E-state index contributed by atoms with van der Waals surface area (Å²) in [6, 6.07) is 12.3. The fraction of sp³-hybridized carbons (Fsp3) is 0.483. The smallest absolute Gasteiger partial charge is 0.238 e. The number of likely N-dealkylation sites (tertiary alicyclic amines) is 1. The lowest BCUT2D eigenvalue weighted by molar-refractivity contribution is -0.124. The number of benzene rings is 2. The summed E-state index contributed by atoms with van der Waals surface area (Å²) in [5.74, 6) is -0.194. The van der Waals surface area contributed by atoms with Crippen LogP contribution >= 0.6 is 0 Å². The van der Waals surface area contributed by atoms with Gasteiger partial charge < -0.3 is 20.9 Å². The second-order valence-electron chi connectivity index (χ2n) is 11.2. The maximum absolute atomic E-state index is 15.2. The average Bonchev–Trinajstić information content (AvgIpc) is 3.60. The van der Waals surface area contributed by atoms with E-state index >= 15 is 4.39 Å². The Balaban J connectivity index is 1.18. The average molecular weight is 502 g/mol. The molecule has 37 heavy (non-hydrogen) atoms. The summed E-state index contributed by atoms with van der Waals surface area (Å²) in [7, 11) is 2.07. The molecule has 3 aliphatic heterocycles. The highest BCUT2D eigenvalue weighted by molar-refractivity contribution is 6.06. The molecule has 192 valence electrons. The topological polar surface area (TPSA) is 97.3 Å². The Bertz CT molecular complexity index is 1300. The summed E-state index contributed by atoms with van der Waals surface area (Å²) in [6.45, 7) is 1.71. The van der Waals surface area contributed by atoms with Gasteiger partial charge in [-0.25, -0.2) is 4.39 Å². The number of nitrogens with zero attached hydrogens (tertiary/aromatic N) is 2. The van der Waals surface area contributed by atoms with Gasteiger partial charge in [0, 0.05) is 18.2 Å². The Labute approximate surface area is 216 Å². The van der Waals surface area contributed by atoms with Gasteiger partial charge >= 0.3 is 0 Å². The molecule has 7 nitrogen and oxygen atoms in total. The molecule has 1 aliphatic carbocycles. The van der Waals surface area contributed by atoms with Crippen LogP contribution in [0.4, 0.5) is 10.1 Å². The Kier molecular flexibility index (Phi) is 6.01. The second kappa shape index (κ2) is 9.23. The number of piperidine rings is 2. The van der Waals surface area contributed by atoms with Crippen molar-refractivity contribution in [2.24, 2.45) is 5.92 Å². The highest BCUT2D eigenvalue weighted by Gasteiger charge is 2.48. The Morgan fingerprint density at radius 3 is 2.65 bits per heavy atom. The lowest BCUT2D eigenvalue weighted by Crippen LogP contribution is -2.50. The minimum absolute atomic E-state index is 0.0551. The number of carbonyl (C=O) groups is 2. The number of anilines is 1. The van der Waals surface area contributed by atoms with Gasteiger partial charge in [0.25, 0.3) is 0 Å². The maximum atomic E-state index is 15.2. The predicted octanol–water partition coefficient (Wildman–Crippen LogP) is 3.10. The van der Waals surface area contributed by atoms with Crippen LogP contribution in [0.25, 0.3) is 11.1 Å². The third-order valence-electron chi connectivity index (χ3n) is 8.98. The van der Waals surface area contributed by atoms with Crippen LogP contribution in [0.1, 0.15) is 43.2 Å². The first-order valence-corrected chi connectivity index (χ1v) is 13.3. The fourth-order valence-corrected chi connectivity index (χ4v) is 6.74. The van der Waals surface area contributed by atoms with Crippen molar-refractivity contribution in [1.82, 2.24) is 15.5 Å². The molecule has 3 fully saturated rings. The van der Waals surface area contributed by atoms with E-state index in [-0.39, 0.29) is 24.3 Å². The maximum Gasteiger partial charge on any atom is 0.238 e.